The maximum atomic E-state index is 12.5. The van der Waals surface area contributed by atoms with Gasteiger partial charge in [0.05, 0.1) is 0 Å². The van der Waals surface area contributed by atoms with Crippen LogP contribution in [0.1, 0.15) is 5.56 Å². The quantitative estimate of drug-likeness (QED) is 0.695. The van der Waals surface area contributed by atoms with E-state index in [1.165, 1.54) is 12.1 Å². The predicted molar refractivity (Wildman–Crippen MR) is 55.4 cm³/mol. The Labute approximate surface area is 78.6 Å². The molecule has 0 spiro atoms. The van der Waals surface area contributed by atoms with Gasteiger partial charge in [-0.05, 0) is 30.2 Å². The van der Waals surface area contributed by atoms with Gasteiger partial charge in [-0.3, -0.25) is 0 Å². The number of benzene rings is 1. The molecule has 0 saturated carbocycles. The molecule has 0 N–H and O–H groups in total. The molecule has 0 aliphatic heterocycles. The van der Waals surface area contributed by atoms with Crippen LogP contribution in [0.15, 0.2) is 24.3 Å². The fourth-order valence-electron chi connectivity index (χ4n) is 0.977. The summed E-state index contributed by atoms with van der Waals surface area (Å²) in [6.07, 6.45) is 4.05. The summed E-state index contributed by atoms with van der Waals surface area (Å²) in [4.78, 5) is 0. The van der Waals surface area contributed by atoms with Gasteiger partial charge < -0.3 is 0 Å². The first kappa shape index (κ1) is 9.87. The highest BCUT2D eigenvalue weighted by molar-refractivity contribution is 8.49. The van der Waals surface area contributed by atoms with Gasteiger partial charge in [-0.2, -0.15) is 9.24 Å². The first-order valence-electron chi connectivity index (χ1n) is 3.62. The van der Waals surface area contributed by atoms with E-state index in [1.54, 1.807) is 12.1 Å². The molecule has 0 aliphatic rings. The molecule has 0 nitrogen and oxygen atoms in total. The van der Waals surface area contributed by atoms with Crippen LogP contribution in [0.3, 0.4) is 0 Å². The average molecular weight is 207 g/mol. The summed E-state index contributed by atoms with van der Waals surface area (Å²) in [6.45, 7) is 0. The van der Waals surface area contributed by atoms with Crippen molar-refractivity contribution in [2.45, 2.75) is 5.75 Å². The summed E-state index contributed by atoms with van der Waals surface area (Å²) in [6, 6.07) is 6.51. The van der Waals surface area contributed by atoms with Crippen molar-refractivity contribution in [3.8, 4) is 0 Å². The molecule has 0 atom stereocenters. The van der Waals surface area contributed by atoms with Gasteiger partial charge in [0, 0.05) is 5.75 Å². The number of rotatable bonds is 2. The third-order valence-electron chi connectivity index (χ3n) is 1.42. The highest BCUT2D eigenvalue weighted by atomic mass is 35.7. The monoisotopic (exact) mass is 206 g/mol. The standard InChI is InChI=1S/C9H12ClFS/c1-12(2,10)7-8-3-5-9(11)6-4-8/h3-6H,7H2,1-2H3. The van der Waals surface area contributed by atoms with Crippen molar-refractivity contribution < 1.29 is 4.39 Å². The summed E-state index contributed by atoms with van der Waals surface area (Å²) in [5, 5.41) is 0. The van der Waals surface area contributed by atoms with Crippen LogP contribution in [0, 0.1) is 5.82 Å². The summed E-state index contributed by atoms with van der Waals surface area (Å²) < 4.78 is 12.5. The molecule has 0 unspecified atom stereocenters. The van der Waals surface area contributed by atoms with Gasteiger partial charge in [-0.25, -0.2) is 4.39 Å². The third-order valence-corrected chi connectivity index (χ3v) is 2.77. The fourth-order valence-corrected chi connectivity index (χ4v) is 2.34. The van der Waals surface area contributed by atoms with Crippen LogP contribution >= 0.6 is 19.9 Å². The van der Waals surface area contributed by atoms with Crippen LogP contribution in [0.4, 0.5) is 4.39 Å². The molecule has 0 heterocycles. The SMILES string of the molecule is CS(C)(Cl)Cc1ccc(F)cc1. The molecule has 0 saturated heterocycles. The second-order valence-electron chi connectivity index (χ2n) is 3.17. The maximum absolute atomic E-state index is 12.5. The minimum Gasteiger partial charge on any atom is -0.207 e. The summed E-state index contributed by atoms with van der Waals surface area (Å²) in [5.74, 6) is 0.649. The number of halogens is 2. The lowest BCUT2D eigenvalue weighted by atomic mass is 10.2. The van der Waals surface area contributed by atoms with Gasteiger partial charge >= 0.3 is 0 Å². The molecule has 68 valence electrons. The van der Waals surface area contributed by atoms with E-state index in [2.05, 4.69) is 0 Å². The van der Waals surface area contributed by atoms with Gasteiger partial charge in [0.15, 0.2) is 0 Å². The number of hydrogen-bond donors (Lipinski definition) is 0. The van der Waals surface area contributed by atoms with E-state index in [1.807, 2.05) is 12.5 Å². The van der Waals surface area contributed by atoms with Gasteiger partial charge in [0.2, 0.25) is 0 Å². The van der Waals surface area contributed by atoms with Crippen molar-refractivity contribution in [2.24, 2.45) is 0 Å². The lowest BCUT2D eigenvalue weighted by molar-refractivity contribution is 0.627. The summed E-state index contributed by atoms with van der Waals surface area (Å²) in [5.41, 5.74) is 1.10. The van der Waals surface area contributed by atoms with Gasteiger partial charge in [-0.1, -0.05) is 22.8 Å². The minimum absolute atomic E-state index is 0.193. The van der Waals surface area contributed by atoms with Gasteiger partial charge in [0.1, 0.15) is 5.82 Å². The molecule has 3 heteroatoms. The Morgan fingerprint density at radius 3 is 2.17 bits per heavy atom. The van der Waals surface area contributed by atoms with Crippen LogP contribution in [0.2, 0.25) is 0 Å². The van der Waals surface area contributed by atoms with E-state index in [-0.39, 0.29) is 5.82 Å². The Hall–Kier alpha value is -0.210. The first-order chi connectivity index (χ1) is 5.47. The highest BCUT2D eigenvalue weighted by Crippen LogP contribution is 2.48. The Kier molecular flexibility index (Phi) is 3.02. The summed E-state index contributed by atoms with van der Waals surface area (Å²) >= 11 is 0. The Bertz CT molecular complexity index is 250. The molecule has 0 amide bonds. The van der Waals surface area contributed by atoms with Crippen molar-refractivity contribution in [2.75, 3.05) is 12.5 Å². The Morgan fingerprint density at radius 2 is 1.75 bits per heavy atom. The van der Waals surface area contributed by atoms with Crippen LogP contribution < -0.4 is 0 Å². The molecular formula is C9H12ClFS. The average Bonchev–Trinajstić information content (AvgIpc) is 1.91. The Morgan fingerprint density at radius 1 is 1.25 bits per heavy atom. The topological polar surface area (TPSA) is 0 Å². The fraction of sp³-hybridized carbons (Fsp3) is 0.333. The van der Waals surface area contributed by atoms with E-state index < -0.39 is 9.24 Å². The molecule has 0 aromatic heterocycles. The van der Waals surface area contributed by atoms with E-state index in [0.717, 1.165) is 11.3 Å². The molecular weight excluding hydrogens is 195 g/mol. The largest absolute Gasteiger partial charge is 0.207 e. The van der Waals surface area contributed by atoms with Crippen molar-refractivity contribution in [1.29, 1.82) is 0 Å². The van der Waals surface area contributed by atoms with Crippen LogP contribution in [0.25, 0.3) is 0 Å². The van der Waals surface area contributed by atoms with E-state index >= 15 is 0 Å². The smallest absolute Gasteiger partial charge is 0.123 e. The van der Waals surface area contributed by atoms with E-state index in [0.29, 0.717) is 0 Å². The van der Waals surface area contributed by atoms with Gasteiger partial charge in [0.25, 0.3) is 0 Å². The van der Waals surface area contributed by atoms with E-state index in [4.69, 9.17) is 10.7 Å². The zero-order chi connectivity index (χ0) is 9.19. The van der Waals surface area contributed by atoms with E-state index in [9.17, 15) is 4.39 Å². The molecule has 0 fully saturated rings. The maximum Gasteiger partial charge on any atom is 0.123 e. The van der Waals surface area contributed by atoms with Crippen LogP contribution in [-0.4, -0.2) is 12.5 Å². The highest BCUT2D eigenvalue weighted by Gasteiger charge is 2.07. The lowest BCUT2D eigenvalue weighted by Crippen LogP contribution is -1.91. The zero-order valence-electron chi connectivity index (χ0n) is 7.18. The first-order valence-corrected chi connectivity index (χ1v) is 7.07. The molecule has 0 bridgehead atoms. The van der Waals surface area contributed by atoms with Gasteiger partial charge in [-0.15, -0.1) is 0 Å². The second-order valence-corrected chi connectivity index (χ2v) is 8.78. The zero-order valence-corrected chi connectivity index (χ0v) is 8.75. The Balaban J connectivity index is 2.71. The third kappa shape index (κ3) is 3.46. The molecule has 0 aliphatic carbocycles. The van der Waals surface area contributed by atoms with Crippen molar-refractivity contribution in [3.05, 3.63) is 35.6 Å². The van der Waals surface area contributed by atoms with Crippen molar-refractivity contribution >= 4 is 19.9 Å². The minimum atomic E-state index is -1.04. The summed E-state index contributed by atoms with van der Waals surface area (Å²) in [7, 11) is 5.06. The molecule has 0 radical (unpaired) electrons. The van der Waals surface area contributed by atoms with Crippen LogP contribution in [0.5, 0.6) is 0 Å². The molecule has 1 aromatic rings. The van der Waals surface area contributed by atoms with Crippen LogP contribution in [-0.2, 0) is 5.75 Å². The normalized spacial score (nSPS) is 13.0. The van der Waals surface area contributed by atoms with Crippen molar-refractivity contribution in [1.82, 2.24) is 0 Å². The molecule has 1 rings (SSSR count). The predicted octanol–water partition coefficient (Wildman–Crippen LogP) is 3.54. The van der Waals surface area contributed by atoms with Crippen molar-refractivity contribution in [3.63, 3.8) is 0 Å². The molecule has 12 heavy (non-hydrogen) atoms. The second kappa shape index (κ2) is 3.67. The molecule has 1 aromatic carbocycles. The lowest BCUT2D eigenvalue weighted by Gasteiger charge is -2.21. The number of hydrogen-bond acceptors (Lipinski definition) is 0.